The first kappa shape index (κ1) is 26.0. The number of nitriles is 2. The fourth-order valence-electron chi connectivity index (χ4n) is 6.66. The van der Waals surface area contributed by atoms with Crippen molar-refractivity contribution in [1.29, 1.82) is 10.5 Å². The van der Waals surface area contributed by atoms with Crippen molar-refractivity contribution in [1.82, 2.24) is 29.3 Å². The Labute approximate surface area is 235 Å². The summed E-state index contributed by atoms with van der Waals surface area (Å²) in [7, 11) is 0. The van der Waals surface area contributed by atoms with Gasteiger partial charge in [-0.15, -0.1) is 0 Å². The number of rotatable bonds is 6. The first-order valence-electron chi connectivity index (χ1n) is 14.1. The minimum Gasteiger partial charge on any atom is -0.375 e. The van der Waals surface area contributed by atoms with Crippen molar-refractivity contribution in [3.05, 3.63) is 66.0 Å². The zero-order valence-corrected chi connectivity index (χ0v) is 23.5. The summed E-state index contributed by atoms with van der Waals surface area (Å²) in [6, 6.07) is 13.5. The first-order chi connectivity index (χ1) is 19.3. The van der Waals surface area contributed by atoms with Crippen LogP contribution in [-0.2, 0) is 0 Å². The highest BCUT2D eigenvalue weighted by Gasteiger charge is 2.51. The molecule has 0 amide bonds. The summed E-state index contributed by atoms with van der Waals surface area (Å²) in [5.74, 6) is 0.161. The second-order valence-corrected chi connectivity index (χ2v) is 11.8. The number of fused-ring (bicyclic) bond motifs is 1. The number of aromatic nitrogens is 5. The molecular weight excluding hydrogens is 498 g/mol. The van der Waals surface area contributed by atoms with Gasteiger partial charge in [0.1, 0.15) is 11.6 Å². The molecule has 0 spiro atoms. The highest BCUT2D eigenvalue weighted by molar-refractivity contribution is 5.83. The first-order valence-corrected chi connectivity index (χ1v) is 14.1. The van der Waals surface area contributed by atoms with Gasteiger partial charge < -0.3 is 5.32 Å². The number of hydrogen-bond donors (Lipinski definition) is 1. The Balaban J connectivity index is 1.25. The van der Waals surface area contributed by atoms with E-state index in [9.17, 15) is 10.5 Å². The van der Waals surface area contributed by atoms with Crippen LogP contribution in [0.15, 0.2) is 49.1 Å². The topological polar surface area (TPSA) is 111 Å². The molecule has 4 aromatic heterocycles. The van der Waals surface area contributed by atoms with E-state index >= 15 is 0 Å². The van der Waals surface area contributed by atoms with Crippen molar-refractivity contribution in [2.75, 3.05) is 18.4 Å². The number of nitrogens with one attached hydrogen (secondary N) is 1. The van der Waals surface area contributed by atoms with E-state index in [4.69, 9.17) is 5.10 Å². The Morgan fingerprint density at radius 3 is 2.60 bits per heavy atom. The molecule has 2 aliphatic rings. The Morgan fingerprint density at radius 1 is 1.12 bits per heavy atom. The minimum absolute atomic E-state index is 0.0558. The SMILES string of the molecule is Cc1c(-c2cc(N[C@H](C)c3ccccn3)c3c(C#N)cnn3c2)cnn1C1CCN(C2CC(C#N)C2(C)C)CC1. The molecule has 204 valence electrons. The molecule has 3 atom stereocenters. The molecule has 9 nitrogen and oxygen atoms in total. The monoisotopic (exact) mass is 533 g/mol. The maximum absolute atomic E-state index is 9.73. The summed E-state index contributed by atoms with van der Waals surface area (Å²) in [6.45, 7) is 10.7. The molecule has 6 rings (SSSR count). The van der Waals surface area contributed by atoms with Crippen LogP contribution in [0.4, 0.5) is 5.69 Å². The van der Waals surface area contributed by atoms with E-state index in [1.54, 1.807) is 16.9 Å². The molecule has 2 unspecified atom stereocenters. The van der Waals surface area contributed by atoms with Gasteiger partial charge in [-0.05, 0) is 56.7 Å². The lowest BCUT2D eigenvalue weighted by molar-refractivity contribution is -0.0504. The average molecular weight is 534 g/mol. The van der Waals surface area contributed by atoms with E-state index in [-0.39, 0.29) is 17.4 Å². The highest BCUT2D eigenvalue weighted by Crippen LogP contribution is 2.49. The van der Waals surface area contributed by atoms with Crippen LogP contribution in [0.3, 0.4) is 0 Å². The third-order valence-electron chi connectivity index (χ3n) is 9.25. The van der Waals surface area contributed by atoms with Gasteiger partial charge in [0.2, 0.25) is 0 Å². The van der Waals surface area contributed by atoms with Gasteiger partial charge in [-0.1, -0.05) is 19.9 Å². The number of likely N-dealkylation sites (tertiary alicyclic amines) is 1. The molecule has 1 saturated heterocycles. The van der Waals surface area contributed by atoms with Crippen LogP contribution < -0.4 is 5.32 Å². The van der Waals surface area contributed by atoms with Crippen molar-refractivity contribution in [2.24, 2.45) is 11.3 Å². The highest BCUT2D eigenvalue weighted by atomic mass is 15.3. The Kier molecular flexibility index (Phi) is 6.56. The quantitative estimate of drug-likeness (QED) is 0.347. The molecule has 0 aromatic carbocycles. The Bertz CT molecular complexity index is 1610. The van der Waals surface area contributed by atoms with E-state index in [1.165, 1.54) is 0 Å². The van der Waals surface area contributed by atoms with Gasteiger partial charge in [-0.2, -0.15) is 20.7 Å². The summed E-state index contributed by atoms with van der Waals surface area (Å²) >= 11 is 0. The van der Waals surface area contributed by atoms with E-state index < -0.39 is 0 Å². The van der Waals surface area contributed by atoms with Crippen LogP contribution in [0, 0.1) is 40.9 Å². The molecular formula is C31H35N9. The number of pyridine rings is 2. The van der Waals surface area contributed by atoms with Gasteiger partial charge in [0.05, 0.1) is 53.4 Å². The fraction of sp³-hybridized carbons (Fsp3) is 0.452. The van der Waals surface area contributed by atoms with Gasteiger partial charge >= 0.3 is 0 Å². The summed E-state index contributed by atoms with van der Waals surface area (Å²) in [5, 5.41) is 32.1. The molecule has 1 N–H and O–H groups in total. The van der Waals surface area contributed by atoms with Crippen LogP contribution >= 0.6 is 0 Å². The van der Waals surface area contributed by atoms with Crippen molar-refractivity contribution < 1.29 is 0 Å². The normalized spacial score (nSPS) is 21.9. The molecule has 2 fully saturated rings. The lowest BCUT2D eigenvalue weighted by atomic mass is 9.58. The lowest BCUT2D eigenvalue weighted by Gasteiger charge is -2.55. The maximum Gasteiger partial charge on any atom is 0.107 e. The van der Waals surface area contributed by atoms with Crippen LogP contribution in [0.25, 0.3) is 16.6 Å². The average Bonchev–Trinajstić information content (AvgIpc) is 3.56. The predicted molar refractivity (Wildman–Crippen MR) is 153 cm³/mol. The zero-order chi connectivity index (χ0) is 28.0. The summed E-state index contributed by atoms with van der Waals surface area (Å²) in [6.07, 6.45) is 10.4. The zero-order valence-electron chi connectivity index (χ0n) is 23.5. The van der Waals surface area contributed by atoms with Crippen LogP contribution in [0.2, 0.25) is 0 Å². The van der Waals surface area contributed by atoms with Crippen molar-refractivity contribution in [3.63, 3.8) is 0 Å². The van der Waals surface area contributed by atoms with Crippen molar-refractivity contribution in [2.45, 2.75) is 65.1 Å². The second-order valence-electron chi connectivity index (χ2n) is 11.8. The van der Waals surface area contributed by atoms with Crippen molar-refractivity contribution in [3.8, 4) is 23.3 Å². The third kappa shape index (κ3) is 4.31. The number of piperidine rings is 1. The standard InChI is InChI=1S/C31H35N9/c1-20(27-7-5-6-10-34-27)37-28-13-22(19-39-30(28)23(15-32)17-35-39)26-18-36-40(21(26)2)25-8-11-38(12-9-25)29-14-24(16-33)31(29,3)4/h5-7,10,13,17-20,24-25,29,37H,8-9,11-12,14H2,1-4H3/t20-,24?,29?/m1/s1. The van der Waals surface area contributed by atoms with Crippen LogP contribution in [-0.4, -0.2) is 48.4 Å². The van der Waals surface area contributed by atoms with Gasteiger partial charge in [0.15, 0.2) is 0 Å². The van der Waals surface area contributed by atoms with Gasteiger partial charge in [-0.3, -0.25) is 14.6 Å². The summed E-state index contributed by atoms with van der Waals surface area (Å²) in [4.78, 5) is 7.08. The summed E-state index contributed by atoms with van der Waals surface area (Å²) in [5.41, 5.74) is 6.28. The lowest BCUT2D eigenvalue weighted by Crippen LogP contribution is -2.59. The molecule has 4 aromatic rings. The van der Waals surface area contributed by atoms with E-state index in [0.717, 1.165) is 66.1 Å². The number of hydrogen-bond acceptors (Lipinski definition) is 7. The molecule has 0 radical (unpaired) electrons. The Hall–Kier alpha value is -4.21. The third-order valence-corrected chi connectivity index (χ3v) is 9.25. The predicted octanol–water partition coefficient (Wildman–Crippen LogP) is 5.52. The smallest absolute Gasteiger partial charge is 0.107 e. The van der Waals surface area contributed by atoms with E-state index in [0.29, 0.717) is 17.6 Å². The van der Waals surface area contributed by atoms with Gasteiger partial charge in [0.25, 0.3) is 0 Å². The number of anilines is 1. The molecule has 40 heavy (non-hydrogen) atoms. The molecule has 1 aliphatic heterocycles. The second kappa shape index (κ2) is 10.1. The van der Waals surface area contributed by atoms with Gasteiger partial charge in [0, 0.05) is 48.3 Å². The fourth-order valence-corrected chi connectivity index (χ4v) is 6.66. The molecule has 1 saturated carbocycles. The van der Waals surface area contributed by atoms with Gasteiger partial charge in [-0.25, -0.2) is 4.52 Å². The molecule has 9 heteroatoms. The number of nitrogens with zero attached hydrogens (tertiary/aromatic N) is 8. The van der Waals surface area contributed by atoms with E-state index in [1.807, 2.05) is 30.6 Å². The maximum atomic E-state index is 9.73. The van der Waals surface area contributed by atoms with E-state index in [2.05, 4.69) is 70.9 Å². The molecule has 1 aliphatic carbocycles. The largest absolute Gasteiger partial charge is 0.375 e. The van der Waals surface area contributed by atoms with Crippen LogP contribution in [0.1, 0.15) is 69.1 Å². The van der Waals surface area contributed by atoms with Crippen molar-refractivity contribution >= 4 is 11.2 Å². The molecule has 5 heterocycles. The Morgan fingerprint density at radius 2 is 1.93 bits per heavy atom. The minimum atomic E-state index is -0.0558. The summed E-state index contributed by atoms with van der Waals surface area (Å²) < 4.78 is 3.97. The van der Waals surface area contributed by atoms with Crippen LogP contribution in [0.5, 0.6) is 0 Å². The molecule has 0 bridgehead atoms.